The van der Waals surface area contributed by atoms with Gasteiger partial charge in [-0.3, -0.25) is 14.9 Å². The van der Waals surface area contributed by atoms with Gasteiger partial charge < -0.3 is 0 Å². The van der Waals surface area contributed by atoms with Crippen LogP contribution in [0, 0.1) is 5.92 Å². The fourth-order valence-electron chi connectivity index (χ4n) is 2.02. The quantitative estimate of drug-likeness (QED) is 0.812. The van der Waals surface area contributed by atoms with Crippen molar-refractivity contribution in [1.29, 1.82) is 0 Å². The molecular weight excluding hydrogens is 226 g/mol. The lowest BCUT2D eigenvalue weighted by atomic mass is 9.91. The van der Waals surface area contributed by atoms with Crippen molar-refractivity contribution in [3.8, 4) is 0 Å². The minimum Gasteiger partial charge on any atom is -0.288 e. The molecule has 0 aliphatic heterocycles. The number of benzene rings is 1. The van der Waals surface area contributed by atoms with E-state index >= 15 is 0 Å². The molecule has 0 spiro atoms. The van der Waals surface area contributed by atoms with Crippen LogP contribution in [0.4, 0.5) is 0 Å². The third-order valence-corrected chi connectivity index (χ3v) is 3.23. The van der Waals surface area contributed by atoms with E-state index in [1.807, 2.05) is 12.1 Å². The molecule has 0 saturated heterocycles. The molecule has 1 aromatic carbocycles. The smallest absolute Gasteiger partial charge is 0.258 e. The van der Waals surface area contributed by atoms with Gasteiger partial charge in [0.15, 0.2) is 0 Å². The number of amides is 2. The van der Waals surface area contributed by atoms with Gasteiger partial charge in [-0.05, 0) is 37.3 Å². The summed E-state index contributed by atoms with van der Waals surface area (Å²) in [5.74, 6) is 0.0437. The number of hydrogen-bond acceptors (Lipinski definition) is 2. The zero-order valence-electron chi connectivity index (χ0n) is 10.5. The highest BCUT2D eigenvalue weighted by Crippen LogP contribution is 2.22. The van der Waals surface area contributed by atoms with Gasteiger partial charge >= 0.3 is 0 Å². The van der Waals surface area contributed by atoms with E-state index in [-0.39, 0.29) is 11.8 Å². The van der Waals surface area contributed by atoms with Gasteiger partial charge in [0, 0.05) is 11.1 Å². The van der Waals surface area contributed by atoms with Crippen molar-refractivity contribution in [2.75, 3.05) is 0 Å². The van der Waals surface area contributed by atoms with Crippen LogP contribution in [0.3, 0.4) is 0 Å². The second-order valence-electron chi connectivity index (χ2n) is 4.76. The first kappa shape index (κ1) is 12.6. The van der Waals surface area contributed by atoms with Gasteiger partial charge in [0.05, 0.1) is 0 Å². The molecule has 2 rings (SSSR count). The monoisotopic (exact) mass is 243 g/mol. The van der Waals surface area contributed by atoms with Crippen molar-refractivity contribution in [3.05, 3.63) is 47.5 Å². The van der Waals surface area contributed by atoms with Crippen LogP contribution in [0.1, 0.15) is 36.5 Å². The molecule has 1 aliphatic rings. The Kier molecular flexibility index (Phi) is 3.92. The summed E-state index contributed by atoms with van der Waals surface area (Å²) in [5, 5.41) is 2.43. The average Bonchev–Trinajstić information content (AvgIpc) is 2.40. The molecule has 1 N–H and O–H groups in total. The van der Waals surface area contributed by atoms with Crippen LogP contribution in [0.15, 0.2) is 42.0 Å². The Bertz CT molecular complexity index is 477. The van der Waals surface area contributed by atoms with Gasteiger partial charge in [0.25, 0.3) is 11.8 Å². The van der Waals surface area contributed by atoms with E-state index in [4.69, 9.17) is 0 Å². The molecule has 0 saturated carbocycles. The maximum absolute atomic E-state index is 11.9. The first-order chi connectivity index (χ1) is 8.66. The highest BCUT2D eigenvalue weighted by Gasteiger charge is 2.18. The summed E-state index contributed by atoms with van der Waals surface area (Å²) in [6.45, 7) is 2.17. The third-order valence-electron chi connectivity index (χ3n) is 3.23. The van der Waals surface area contributed by atoms with Gasteiger partial charge in [-0.2, -0.15) is 0 Å². The molecule has 0 aromatic heterocycles. The molecule has 3 heteroatoms. The number of nitrogens with one attached hydrogen (secondary N) is 1. The zero-order valence-corrected chi connectivity index (χ0v) is 10.5. The maximum Gasteiger partial charge on any atom is 0.258 e. The van der Waals surface area contributed by atoms with Crippen molar-refractivity contribution in [1.82, 2.24) is 5.32 Å². The van der Waals surface area contributed by atoms with E-state index < -0.39 is 0 Å². The SMILES string of the molecule is CC1CC=C(C(=O)NC(=O)c2ccccc2)CC1. The summed E-state index contributed by atoms with van der Waals surface area (Å²) in [6.07, 6.45) is 4.64. The standard InChI is InChI=1S/C15H17NO2/c1-11-7-9-13(10-8-11)15(18)16-14(17)12-5-3-2-4-6-12/h2-6,9,11H,7-8,10H2,1H3,(H,16,17,18). The minimum atomic E-state index is -0.333. The second kappa shape index (κ2) is 5.63. The fourth-order valence-corrected chi connectivity index (χ4v) is 2.02. The van der Waals surface area contributed by atoms with Crippen LogP contribution < -0.4 is 5.32 Å². The van der Waals surface area contributed by atoms with Crippen molar-refractivity contribution in [2.45, 2.75) is 26.2 Å². The molecule has 1 aromatic rings. The van der Waals surface area contributed by atoms with E-state index in [0.29, 0.717) is 11.5 Å². The second-order valence-corrected chi connectivity index (χ2v) is 4.76. The number of rotatable bonds is 2. The molecule has 0 radical (unpaired) electrons. The van der Waals surface area contributed by atoms with Crippen molar-refractivity contribution in [2.24, 2.45) is 5.92 Å². The van der Waals surface area contributed by atoms with Crippen LogP contribution in [0.2, 0.25) is 0 Å². The predicted octanol–water partition coefficient (Wildman–Crippen LogP) is 2.69. The summed E-state index contributed by atoms with van der Waals surface area (Å²) >= 11 is 0. The van der Waals surface area contributed by atoms with Gasteiger partial charge in [-0.25, -0.2) is 0 Å². The van der Waals surface area contributed by atoms with E-state index in [1.165, 1.54) is 0 Å². The third kappa shape index (κ3) is 3.06. The first-order valence-electron chi connectivity index (χ1n) is 6.26. The van der Waals surface area contributed by atoms with E-state index in [2.05, 4.69) is 12.2 Å². The first-order valence-corrected chi connectivity index (χ1v) is 6.26. The van der Waals surface area contributed by atoms with Crippen LogP contribution in [-0.4, -0.2) is 11.8 Å². The normalized spacial score (nSPS) is 18.9. The van der Waals surface area contributed by atoms with Crippen molar-refractivity contribution < 1.29 is 9.59 Å². The van der Waals surface area contributed by atoms with E-state index in [1.54, 1.807) is 24.3 Å². The van der Waals surface area contributed by atoms with Gasteiger partial charge in [-0.15, -0.1) is 0 Å². The Morgan fingerprint density at radius 1 is 1.17 bits per heavy atom. The molecule has 2 amide bonds. The number of allylic oxidation sites excluding steroid dienone is 1. The largest absolute Gasteiger partial charge is 0.288 e. The Morgan fingerprint density at radius 3 is 2.50 bits per heavy atom. The molecule has 0 heterocycles. The van der Waals surface area contributed by atoms with Crippen molar-refractivity contribution in [3.63, 3.8) is 0 Å². The van der Waals surface area contributed by atoms with Gasteiger partial charge in [0.1, 0.15) is 0 Å². The van der Waals surface area contributed by atoms with Gasteiger partial charge in [-0.1, -0.05) is 31.2 Å². The molecular formula is C15H17NO2. The topological polar surface area (TPSA) is 46.2 Å². The molecule has 3 nitrogen and oxygen atoms in total. The highest BCUT2D eigenvalue weighted by atomic mass is 16.2. The lowest BCUT2D eigenvalue weighted by molar-refractivity contribution is -0.116. The van der Waals surface area contributed by atoms with Gasteiger partial charge in [0.2, 0.25) is 0 Å². The Labute approximate surface area is 107 Å². The molecule has 94 valence electrons. The molecule has 18 heavy (non-hydrogen) atoms. The number of carbonyl (C=O) groups is 2. The molecule has 1 unspecified atom stereocenters. The Hall–Kier alpha value is -1.90. The van der Waals surface area contributed by atoms with Crippen LogP contribution >= 0.6 is 0 Å². The molecule has 0 fully saturated rings. The van der Waals surface area contributed by atoms with E-state index in [0.717, 1.165) is 24.8 Å². The summed E-state index contributed by atoms with van der Waals surface area (Å²) in [7, 11) is 0. The Morgan fingerprint density at radius 2 is 1.89 bits per heavy atom. The lowest BCUT2D eigenvalue weighted by Gasteiger charge is -2.17. The van der Waals surface area contributed by atoms with Crippen LogP contribution in [0.25, 0.3) is 0 Å². The fraction of sp³-hybridized carbons (Fsp3) is 0.333. The molecule has 0 bridgehead atoms. The number of carbonyl (C=O) groups excluding carboxylic acids is 2. The predicted molar refractivity (Wildman–Crippen MR) is 70.0 cm³/mol. The van der Waals surface area contributed by atoms with Crippen LogP contribution in [0.5, 0.6) is 0 Å². The average molecular weight is 243 g/mol. The molecule has 1 atom stereocenters. The maximum atomic E-state index is 11.9. The molecule has 1 aliphatic carbocycles. The Balaban J connectivity index is 1.98. The summed E-state index contributed by atoms with van der Waals surface area (Å²) in [4.78, 5) is 23.7. The zero-order chi connectivity index (χ0) is 13.0. The minimum absolute atomic E-state index is 0.254. The summed E-state index contributed by atoms with van der Waals surface area (Å²) in [5.41, 5.74) is 1.24. The van der Waals surface area contributed by atoms with E-state index in [9.17, 15) is 9.59 Å². The summed E-state index contributed by atoms with van der Waals surface area (Å²) < 4.78 is 0. The lowest BCUT2D eigenvalue weighted by Crippen LogP contribution is -2.32. The van der Waals surface area contributed by atoms with Crippen LogP contribution in [-0.2, 0) is 4.79 Å². The highest BCUT2D eigenvalue weighted by molar-refractivity contribution is 6.10. The van der Waals surface area contributed by atoms with Crippen molar-refractivity contribution >= 4 is 11.8 Å². The number of imide groups is 1. The number of hydrogen-bond donors (Lipinski definition) is 1. The summed E-state index contributed by atoms with van der Waals surface area (Å²) in [6, 6.07) is 8.78.